The third-order valence-corrected chi connectivity index (χ3v) is 2.75. The SMILES string of the molecule is CCCC(=O)C(=CNc1ccccc1OC)C(=O)OCC. The van der Waals surface area contributed by atoms with Crippen LogP contribution in [0, 0.1) is 0 Å². The van der Waals surface area contributed by atoms with Crippen molar-refractivity contribution >= 4 is 17.4 Å². The van der Waals surface area contributed by atoms with E-state index in [-0.39, 0.29) is 18.0 Å². The normalized spacial score (nSPS) is 10.9. The Balaban J connectivity index is 2.97. The molecule has 1 aromatic carbocycles. The van der Waals surface area contributed by atoms with Gasteiger partial charge in [-0.3, -0.25) is 4.79 Å². The zero-order valence-corrected chi connectivity index (χ0v) is 12.6. The third-order valence-electron chi connectivity index (χ3n) is 2.75. The Morgan fingerprint density at radius 2 is 1.95 bits per heavy atom. The molecule has 0 heterocycles. The van der Waals surface area contributed by atoms with E-state index in [0.29, 0.717) is 24.3 Å². The first kappa shape index (κ1) is 16.8. The molecular formula is C16H21NO4. The summed E-state index contributed by atoms with van der Waals surface area (Å²) in [4.78, 5) is 23.8. The molecule has 5 heteroatoms. The van der Waals surface area contributed by atoms with Crippen molar-refractivity contribution < 1.29 is 19.1 Å². The van der Waals surface area contributed by atoms with Crippen molar-refractivity contribution in [2.24, 2.45) is 0 Å². The van der Waals surface area contributed by atoms with E-state index in [2.05, 4.69) is 5.32 Å². The molecule has 1 N–H and O–H groups in total. The molecule has 0 aliphatic rings. The van der Waals surface area contributed by atoms with Gasteiger partial charge in [-0.25, -0.2) is 4.79 Å². The molecule has 0 spiro atoms. The van der Waals surface area contributed by atoms with Crippen LogP contribution in [0.1, 0.15) is 26.7 Å². The molecule has 0 fully saturated rings. The van der Waals surface area contributed by atoms with Gasteiger partial charge in [0.1, 0.15) is 11.3 Å². The molecule has 0 radical (unpaired) electrons. The van der Waals surface area contributed by atoms with Gasteiger partial charge >= 0.3 is 5.97 Å². The number of rotatable bonds is 8. The molecule has 0 atom stereocenters. The zero-order chi connectivity index (χ0) is 15.7. The first-order valence-corrected chi connectivity index (χ1v) is 6.94. The van der Waals surface area contributed by atoms with Gasteiger partial charge in [0.2, 0.25) is 0 Å². The smallest absolute Gasteiger partial charge is 0.343 e. The van der Waals surface area contributed by atoms with Crippen LogP contribution in [0.2, 0.25) is 0 Å². The summed E-state index contributed by atoms with van der Waals surface area (Å²) < 4.78 is 10.1. The summed E-state index contributed by atoms with van der Waals surface area (Å²) >= 11 is 0. The van der Waals surface area contributed by atoms with Crippen molar-refractivity contribution in [3.05, 3.63) is 36.0 Å². The van der Waals surface area contributed by atoms with Crippen LogP contribution in [0.4, 0.5) is 5.69 Å². The maximum Gasteiger partial charge on any atom is 0.343 e. The number of esters is 1. The molecule has 1 aromatic rings. The number of benzene rings is 1. The average Bonchev–Trinajstić information content (AvgIpc) is 2.48. The highest BCUT2D eigenvalue weighted by atomic mass is 16.5. The van der Waals surface area contributed by atoms with Crippen LogP contribution in [0.3, 0.4) is 0 Å². The number of hydrogen-bond donors (Lipinski definition) is 1. The fourth-order valence-electron chi connectivity index (χ4n) is 1.74. The van der Waals surface area contributed by atoms with Crippen LogP contribution in [0.15, 0.2) is 36.0 Å². The summed E-state index contributed by atoms with van der Waals surface area (Å²) in [6.07, 6.45) is 2.36. The number of ether oxygens (including phenoxy) is 2. The van der Waals surface area contributed by atoms with Gasteiger partial charge < -0.3 is 14.8 Å². The van der Waals surface area contributed by atoms with Gasteiger partial charge in [-0.1, -0.05) is 19.1 Å². The van der Waals surface area contributed by atoms with Crippen molar-refractivity contribution in [2.75, 3.05) is 19.0 Å². The number of nitrogens with one attached hydrogen (secondary N) is 1. The second-order valence-corrected chi connectivity index (χ2v) is 4.30. The molecular weight excluding hydrogens is 270 g/mol. The summed E-state index contributed by atoms with van der Waals surface area (Å²) in [7, 11) is 1.55. The van der Waals surface area contributed by atoms with Gasteiger partial charge in [0.05, 0.1) is 19.4 Å². The van der Waals surface area contributed by atoms with Crippen LogP contribution in [-0.2, 0) is 14.3 Å². The fourth-order valence-corrected chi connectivity index (χ4v) is 1.74. The molecule has 114 valence electrons. The fraction of sp³-hybridized carbons (Fsp3) is 0.375. The molecule has 0 aliphatic carbocycles. The van der Waals surface area contributed by atoms with E-state index in [1.165, 1.54) is 6.20 Å². The van der Waals surface area contributed by atoms with Crippen molar-refractivity contribution in [3.63, 3.8) is 0 Å². The van der Waals surface area contributed by atoms with Crippen molar-refractivity contribution in [2.45, 2.75) is 26.7 Å². The molecule has 0 saturated heterocycles. The van der Waals surface area contributed by atoms with Crippen LogP contribution >= 0.6 is 0 Å². The lowest BCUT2D eigenvalue weighted by Crippen LogP contribution is -2.17. The number of carbonyl (C=O) groups excluding carboxylic acids is 2. The maximum absolute atomic E-state index is 12.0. The number of hydrogen-bond acceptors (Lipinski definition) is 5. The van der Waals surface area contributed by atoms with E-state index in [4.69, 9.17) is 9.47 Å². The quantitative estimate of drug-likeness (QED) is 0.345. The summed E-state index contributed by atoms with van der Waals surface area (Å²) in [5.41, 5.74) is 0.690. The Morgan fingerprint density at radius 1 is 1.24 bits per heavy atom. The first-order valence-electron chi connectivity index (χ1n) is 6.94. The zero-order valence-electron chi connectivity index (χ0n) is 12.6. The summed E-state index contributed by atoms with van der Waals surface area (Å²) in [6.45, 7) is 3.81. The Labute approximate surface area is 124 Å². The van der Waals surface area contributed by atoms with Crippen LogP contribution in [0.5, 0.6) is 5.75 Å². The molecule has 0 amide bonds. The van der Waals surface area contributed by atoms with Gasteiger partial charge in [-0.15, -0.1) is 0 Å². The lowest BCUT2D eigenvalue weighted by molar-refractivity contribution is -0.140. The van der Waals surface area contributed by atoms with E-state index >= 15 is 0 Å². The summed E-state index contributed by atoms with van der Waals surface area (Å²) in [5.74, 6) is -0.225. The Morgan fingerprint density at radius 3 is 2.57 bits per heavy atom. The Kier molecular flexibility index (Phi) is 7.01. The highest BCUT2D eigenvalue weighted by molar-refractivity contribution is 6.17. The number of methoxy groups -OCH3 is 1. The molecule has 0 aliphatic heterocycles. The minimum absolute atomic E-state index is 0.0182. The Hall–Kier alpha value is -2.30. The average molecular weight is 291 g/mol. The molecule has 1 rings (SSSR count). The van der Waals surface area contributed by atoms with E-state index < -0.39 is 5.97 Å². The monoisotopic (exact) mass is 291 g/mol. The molecule has 0 aromatic heterocycles. The van der Waals surface area contributed by atoms with Gasteiger partial charge in [-0.05, 0) is 25.5 Å². The largest absolute Gasteiger partial charge is 0.495 e. The molecule has 5 nitrogen and oxygen atoms in total. The van der Waals surface area contributed by atoms with Crippen molar-refractivity contribution in [1.82, 2.24) is 0 Å². The van der Waals surface area contributed by atoms with E-state index in [1.807, 2.05) is 19.1 Å². The highest BCUT2D eigenvalue weighted by Crippen LogP contribution is 2.23. The van der Waals surface area contributed by atoms with E-state index in [9.17, 15) is 9.59 Å². The lowest BCUT2D eigenvalue weighted by atomic mass is 10.1. The van der Waals surface area contributed by atoms with E-state index in [1.54, 1.807) is 26.2 Å². The van der Waals surface area contributed by atoms with Crippen LogP contribution in [-0.4, -0.2) is 25.5 Å². The van der Waals surface area contributed by atoms with Crippen LogP contribution in [0.25, 0.3) is 0 Å². The number of Topliss-reactive ketones (excluding diaryl/α,β-unsaturated/α-hetero) is 1. The third kappa shape index (κ3) is 4.95. The predicted octanol–water partition coefficient (Wildman–Crippen LogP) is 2.92. The topological polar surface area (TPSA) is 64.6 Å². The molecule has 0 bridgehead atoms. The first-order chi connectivity index (χ1) is 10.1. The minimum Gasteiger partial charge on any atom is -0.495 e. The molecule has 21 heavy (non-hydrogen) atoms. The molecule has 0 unspecified atom stereocenters. The lowest BCUT2D eigenvalue weighted by Gasteiger charge is -2.10. The van der Waals surface area contributed by atoms with Gasteiger partial charge in [0, 0.05) is 12.6 Å². The van der Waals surface area contributed by atoms with Crippen LogP contribution < -0.4 is 10.1 Å². The second kappa shape index (κ2) is 8.79. The highest BCUT2D eigenvalue weighted by Gasteiger charge is 2.18. The predicted molar refractivity (Wildman–Crippen MR) is 81.2 cm³/mol. The Bertz CT molecular complexity index is 503. The number of anilines is 1. The summed E-state index contributed by atoms with van der Waals surface area (Å²) in [5, 5.41) is 2.93. The van der Waals surface area contributed by atoms with E-state index in [0.717, 1.165) is 0 Å². The maximum atomic E-state index is 12.0. The standard InChI is InChI=1S/C16H21NO4/c1-4-8-14(18)12(16(19)21-5-2)11-17-13-9-6-7-10-15(13)20-3/h6-7,9-11,17H,4-5,8H2,1-3H3. The second-order valence-electron chi connectivity index (χ2n) is 4.30. The number of carbonyl (C=O) groups is 2. The number of para-hydroxylation sites is 2. The minimum atomic E-state index is -0.613. The van der Waals surface area contributed by atoms with Gasteiger partial charge in [-0.2, -0.15) is 0 Å². The molecule has 0 saturated carbocycles. The van der Waals surface area contributed by atoms with Crippen molar-refractivity contribution in [1.29, 1.82) is 0 Å². The van der Waals surface area contributed by atoms with Gasteiger partial charge in [0.15, 0.2) is 5.78 Å². The number of ketones is 1. The summed E-state index contributed by atoms with van der Waals surface area (Å²) in [6, 6.07) is 7.25. The van der Waals surface area contributed by atoms with Gasteiger partial charge in [0.25, 0.3) is 0 Å². The van der Waals surface area contributed by atoms with Crippen molar-refractivity contribution in [3.8, 4) is 5.75 Å².